The molecule has 1 aliphatic heterocycles. The summed E-state index contributed by atoms with van der Waals surface area (Å²) in [4.78, 5) is 43.7. The van der Waals surface area contributed by atoms with E-state index in [9.17, 15) is 22.8 Å². The zero-order valence-corrected chi connectivity index (χ0v) is 19.6. The predicted molar refractivity (Wildman–Crippen MR) is 121 cm³/mol. The van der Waals surface area contributed by atoms with E-state index in [-0.39, 0.29) is 41.6 Å². The van der Waals surface area contributed by atoms with E-state index < -0.39 is 21.3 Å². The minimum absolute atomic E-state index is 0.130. The molecule has 0 saturated carbocycles. The molecule has 0 spiro atoms. The van der Waals surface area contributed by atoms with Crippen LogP contribution < -0.4 is 11.2 Å². The molecule has 1 aromatic carbocycles. The number of amides is 1. The Morgan fingerprint density at radius 3 is 2.39 bits per heavy atom. The topological polar surface area (TPSA) is 120 Å². The minimum atomic E-state index is -3.65. The zero-order chi connectivity index (χ0) is 23.9. The first-order chi connectivity index (χ1) is 15.6. The van der Waals surface area contributed by atoms with Gasteiger partial charge in [0.05, 0.1) is 11.2 Å². The van der Waals surface area contributed by atoms with Gasteiger partial charge in [0.2, 0.25) is 15.9 Å². The van der Waals surface area contributed by atoms with Crippen LogP contribution in [0, 0.1) is 6.92 Å². The maximum Gasteiger partial charge on any atom is 0.332 e. The second-order valence-corrected chi connectivity index (χ2v) is 10.1. The molecule has 11 nitrogen and oxygen atoms in total. The highest BCUT2D eigenvalue weighted by atomic mass is 32.2. The fourth-order valence-electron chi connectivity index (χ4n) is 4.01. The van der Waals surface area contributed by atoms with Crippen molar-refractivity contribution in [1.29, 1.82) is 0 Å². The molecule has 4 rings (SSSR count). The summed E-state index contributed by atoms with van der Waals surface area (Å²) in [6.07, 6.45) is 1.87. The van der Waals surface area contributed by atoms with Gasteiger partial charge in [-0.05, 0) is 25.5 Å². The Morgan fingerprint density at radius 2 is 1.70 bits per heavy atom. The molecule has 1 aliphatic rings. The number of carbonyl (C=O) groups is 1. The van der Waals surface area contributed by atoms with Gasteiger partial charge in [-0.25, -0.2) is 18.2 Å². The first kappa shape index (κ1) is 22.9. The molecule has 12 heteroatoms. The molecule has 0 aliphatic carbocycles. The van der Waals surface area contributed by atoms with Gasteiger partial charge in [-0.2, -0.15) is 4.31 Å². The number of benzene rings is 1. The summed E-state index contributed by atoms with van der Waals surface area (Å²) in [7, 11) is -0.754. The molecule has 3 heterocycles. The van der Waals surface area contributed by atoms with Gasteiger partial charge in [-0.15, -0.1) is 0 Å². The SMILES string of the molecule is Cc1ccc(S(=O)(=O)N2CCCN(C(=O)Cn3cnc4c3c(=O)n(C)c(=O)n4C)CC2)cc1. The highest BCUT2D eigenvalue weighted by Crippen LogP contribution is 2.18. The third kappa shape index (κ3) is 4.11. The van der Waals surface area contributed by atoms with Crippen molar-refractivity contribution >= 4 is 27.1 Å². The van der Waals surface area contributed by atoms with Crippen molar-refractivity contribution in [3.8, 4) is 0 Å². The fourth-order valence-corrected chi connectivity index (χ4v) is 5.48. The molecular formula is C21H26N6O5S. The number of imidazole rings is 1. The Morgan fingerprint density at radius 1 is 1.00 bits per heavy atom. The molecule has 33 heavy (non-hydrogen) atoms. The Hall–Kier alpha value is -3.25. The molecule has 1 saturated heterocycles. The molecule has 0 unspecified atom stereocenters. The summed E-state index contributed by atoms with van der Waals surface area (Å²) in [5, 5.41) is 0. The highest BCUT2D eigenvalue weighted by Gasteiger charge is 2.28. The number of hydrogen-bond donors (Lipinski definition) is 0. The van der Waals surface area contributed by atoms with E-state index in [1.165, 1.54) is 33.9 Å². The van der Waals surface area contributed by atoms with Crippen molar-refractivity contribution in [1.82, 2.24) is 27.9 Å². The van der Waals surface area contributed by atoms with Crippen molar-refractivity contribution in [3.05, 3.63) is 57.0 Å². The standard InChI is InChI=1S/C21H26N6O5S/c1-15-5-7-16(8-6-15)33(31,32)27-10-4-9-25(11-12-27)17(28)13-26-14-22-19-18(26)20(29)24(3)21(30)23(19)2/h5-8,14H,4,9-13H2,1-3H3. The van der Waals surface area contributed by atoms with Crippen molar-refractivity contribution in [3.63, 3.8) is 0 Å². The minimum Gasteiger partial charge on any atom is -0.340 e. The summed E-state index contributed by atoms with van der Waals surface area (Å²) in [5.41, 5.74) is 0.341. The monoisotopic (exact) mass is 474 g/mol. The van der Waals surface area contributed by atoms with Gasteiger partial charge >= 0.3 is 5.69 Å². The Kier molecular flexibility index (Phi) is 5.97. The summed E-state index contributed by atoms with van der Waals surface area (Å²) in [5.74, 6) is -0.250. The first-order valence-electron chi connectivity index (χ1n) is 10.6. The van der Waals surface area contributed by atoms with Gasteiger partial charge in [0.1, 0.15) is 6.54 Å². The summed E-state index contributed by atoms with van der Waals surface area (Å²) < 4.78 is 31.1. The van der Waals surface area contributed by atoms with E-state index in [1.54, 1.807) is 29.2 Å². The van der Waals surface area contributed by atoms with Crippen LogP contribution in [0.5, 0.6) is 0 Å². The van der Waals surface area contributed by atoms with Gasteiger partial charge in [0.25, 0.3) is 5.56 Å². The molecule has 0 bridgehead atoms. The van der Waals surface area contributed by atoms with E-state index in [2.05, 4.69) is 4.98 Å². The first-order valence-corrected chi connectivity index (χ1v) is 12.0. The van der Waals surface area contributed by atoms with E-state index >= 15 is 0 Å². The zero-order valence-electron chi connectivity index (χ0n) is 18.8. The van der Waals surface area contributed by atoms with Crippen LogP contribution in [0.1, 0.15) is 12.0 Å². The average molecular weight is 475 g/mol. The lowest BCUT2D eigenvalue weighted by Crippen LogP contribution is -2.40. The highest BCUT2D eigenvalue weighted by molar-refractivity contribution is 7.89. The Bertz CT molecular complexity index is 1430. The largest absolute Gasteiger partial charge is 0.340 e. The van der Waals surface area contributed by atoms with Crippen LogP contribution in [0.2, 0.25) is 0 Å². The number of nitrogens with zero attached hydrogens (tertiary/aromatic N) is 6. The molecule has 0 radical (unpaired) electrons. The van der Waals surface area contributed by atoms with Crippen LogP contribution in [0.25, 0.3) is 11.2 Å². The number of sulfonamides is 1. The predicted octanol–water partition coefficient (Wildman–Crippen LogP) is -0.335. The number of carbonyl (C=O) groups excluding carboxylic acids is 1. The van der Waals surface area contributed by atoms with Crippen LogP contribution in [0.15, 0.2) is 45.1 Å². The maximum absolute atomic E-state index is 13.0. The summed E-state index contributed by atoms with van der Waals surface area (Å²) >= 11 is 0. The average Bonchev–Trinajstić information content (AvgIpc) is 3.03. The van der Waals surface area contributed by atoms with Crippen LogP contribution >= 0.6 is 0 Å². The molecule has 176 valence electrons. The van der Waals surface area contributed by atoms with Gasteiger partial charge in [0.15, 0.2) is 11.2 Å². The van der Waals surface area contributed by atoms with E-state index in [4.69, 9.17) is 0 Å². The van der Waals surface area contributed by atoms with Gasteiger partial charge in [-0.3, -0.25) is 18.7 Å². The summed E-state index contributed by atoms with van der Waals surface area (Å²) in [6.45, 7) is 2.91. The normalized spacial score (nSPS) is 15.7. The van der Waals surface area contributed by atoms with Crippen molar-refractivity contribution in [2.45, 2.75) is 24.8 Å². The number of aromatic nitrogens is 4. The van der Waals surface area contributed by atoms with Gasteiger partial charge in [-0.1, -0.05) is 17.7 Å². The van der Waals surface area contributed by atoms with Crippen LogP contribution in [-0.2, 0) is 35.5 Å². The van der Waals surface area contributed by atoms with E-state index in [0.717, 1.165) is 10.1 Å². The number of rotatable bonds is 4. The molecule has 3 aromatic rings. The molecule has 0 atom stereocenters. The van der Waals surface area contributed by atoms with Crippen LogP contribution in [0.3, 0.4) is 0 Å². The summed E-state index contributed by atoms with van der Waals surface area (Å²) in [6, 6.07) is 6.71. The lowest BCUT2D eigenvalue weighted by molar-refractivity contribution is -0.131. The van der Waals surface area contributed by atoms with Gasteiger partial charge in [0, 0.05) is 40.3 Å². The lowest BCUT2D eigenvalue weighted by Gasteiger charge is -2.22. The van der Waals surface area contributed by atoms with Crippen molar-refractivity contribution in [2.75, 3.05) is 26.2 Å². The van der Waals surface area contributed by atoms with Crippen molar-refractivity contribution < 1.29 is 13.2 Å². The molecular weight excluding hydrogens is 448 g/mol. The van der Waals surface area contributed by atoms with Crippen molar-refractivity contribution in [2.24, 2.45) is 14.1 Å². The quantitative estimate of drug-likeness (QED) is 0.511. The Labute approximate surface area is 190 Å². The van der Waals surface area contributed by atoms with Gasteiger partial charge < -0.3 is 9.47 Å². The maximum atomic E-state index is 13.0. The van der Waals surface area contributed by atoms with Crippen LogP contribution in [-0.4, -0.2) is 68.4 Å². The smallest absolute Gasteiger partial charge is 0.332 e. The van der Waals surface area contributed by atoms with E-state index in [0.29, 0.717) is 19.5 Å². The molecule has 2 aromatic heterocycles. The lowest BCUT2D eigenvalue weighted by atomic mass is 10.2. The number of hydrogen-bond acceptors (Lipinski definition) is 6. The third-order valence-corrected chi connectivity index (χ3v) is 7.90. The van der Waals surface area contributed by atoms with E-state index in [1.807, 2.05) is 6.92 Å². The number of fused-ring (bicyclic) bond motifs is 1. The fraction of sp³-hybridized carbons (Fsp3) is 0.429. The molecule has 1 amide bonds. The number of aryl methyl sites for hydroxylation is 2. The second-order valence-electron chi connectivity index (χ2n) is 8.20. The van der Waals surface area contributed by atoms with Crippen LogP contribution in [0.4, 0.5) is 0 Å². The molecule has 1 fully saturated rings. The second kappa shape index (κ2) is 8.60. The Balaban J connectivity index is 1.52. The third-order valence-electron chi connectivity index (χ3n) is 5.99. The molecule has 0 N–H and O–H groups in total.